The molecule has 0 aliphatic carbocycles. The lowest BCUT2D eigenvalue weighted by molar-refractivity contribution is -0.929. The molecule has 1 rings (SSSR count). The van der Waals surface area contributed by atoms with Gasteiger partial charge in [-0.2, -0.15) is 0 Å². The summed E-state index contributed by atoms with van der Waals surface area (Å²) in [5, 5.41) is 0. The number of nitrogens with zero attached hydrogens (tertiary/aromatic N) is 1. The molecule has 0 spiro atoms. The van der Waals surface area contributed by atoms with Gasteiger partial charge < -0.3 is 4.48 Å². The van der Waals surface area contributed by atoms with E-state index in [9.17, 15) is 0 Å². The highest BCUT2D eigenvalue weighted by Gasteiger charge is 2.24. The molecule has 1 heteroatoms. The highest BCUT2D eigenvalue weighted by atomic mass is 15.3. The first kappa shape index (κ1) is 34.2. The molecule has 0 aliphatic heterocycles. The monoisotopic (exact) mass is 489 g/mol. The molecule has 35 heavy (non-hydrogen) atoms. The molecule has 0 N–H and O–H groups in total. The Hall–Kier alpha value is -0.820. The minimum absolute atomic E-state index is 1.26. The van der Waals surface area contributed by atoms with E-state index in [4.69, 9.17) is 0 Å². The maximum Gasteiger partial charge on any atom is 0.0786 e. The van der Waals surface area contributed by atoms with Crippen LogP contribution < -0.4 is 0 Å². The summed E-state index contributed by atoms with van der Waals surface area (Å²) in [5.74, 6) is 0. The molecule has 0 saturated carbocycles. The Kier molecular flexibility index (Phi) is 25.6. The van der Waals surface area contributed by atoms with Crippen LogP contribution in [0.5, 0.6) is 0 Å². The smallest absolute Gasteiger partial charge is 0.0786 e. The first-order chi connectivity index (χ1) is 17.2. The van der Waals surface area contributed by atoms with Crippen molar-refractivity contribution in [2.75, 3.05) is 26.2 Å². The summed E-state index contributed by atoms with van der Waals surface area (Å²) in [6.07, 6.45) is 26.6. The van der Waals surface area contributed by atoms with Gasteiger partial charge in [0.1, 0.15) is 0 Å². The lowest BCUT2D eigenvalue weighted by Crippen LogP contribution is -2.50. The van der Waals surface area contributed by atoms with E-state index in [1.54, 1.807) is 0 Å². The van der Waals surface area contributed by atoms with Crippen molar-refractivity contribution >= 4 is 0 Å². The van der Waals surface area contributed by atoms with Crippen LogP contribution in [0.2, 0.25) is 0 Å². The minimum Gasteiger partial charge on any atom is -0.324 e. The standard InChI is InChI=1S/C18H30.C16H36N/c1-2-3-4-5-6-7-8-9-10-12-15-18-16-13-11-14-17-18;1-5-9-13-17(14-10-6-2,15-11-7-3)16-12-8-4/h11,13-14,16-17H,2-10,12,15H2,1H3;5-16H2,1-4H3/q;+1. The molecule has 0 bridgehead atoms. The summed E-state index contributed by atoms with van der Waals surface area (Å²) >= 11 is 0. The fraction of sp³-hybridized carbons (Fsp3) is 0.824. The predicted octanol–water partition coefficient (Wildman–Crippen LogP) is 11.2. The van der Waals surface area contributed by atoms with Crippen molar-refractivity contribution in [3.05, 3.63) is 35.9 Å². The topological polar surface area (TPSA) is 0 Å². The van der Waals surface area contributed by atoms with Gasteiger partial charge in [-0.05, 0) is 44.1 Å². The van der Waals surface area contributed by atoms with E-state index in [2.05, 4.69) is 65.0 Å². The number of unbranched alkanes of at least 4 members (excludes halogenated alkanes) is 13. The molecule has 0 atom stereocenters. The number of benzene rings is 1. The van der Waals surface area contributed by atoms with Crippen molar-refractivity contribution in [1.29, 1.82) is 0 Å². The summed E-state index contributed by atoms with van der Waals surface area (Å²) in [4.78, 5) is 0. The summed E-state index contributed by atoms with van der Waals surface area (Å²) in [6, 6.07) is 10.9. The van der Waals surface area contributed by atoms with Crippen molar-refractivity contribution in [3.63, 3.8) is 0 Å². The van der Waals surface area contributed by atoms with Crippen LogP contribution in [0, 0.1) is 0 Å². The molecule has 0 radical (unpaired) electrons. The predicted molar refractivity (Wildman–Crippen MR) is 161 cm³/mol. The minimum atomic E-state index is 1.26. The Morgan fingerprint density at radius 1 is 0.400 bits per heavy atom. The molecule has 0 fully saturated rings. The molecule has 0 amide bonds. The van der Waals surface area contributed by atoms with Gasteiger partial charge in [-0.1, -0.05) is 148 Å². The Labute approximate surface area is 223 Å². The van der Waals surface area contributed by atoms with Crippen LogP contribution in [0.15, 0.2) is 30.3 Å². The lowest BCUT2D eigenvalue weighted by atomic mass is 10.0. The number of quaternary nitrogens is 1. The maximum absolute atomic E-state index is 2.33. The Morgan fingerprint density at radius 2 is 0.743 bits per heavy atom. The number of rotatable bonds is 23. The van der Waals surface area contributed by atoms with Gasteiger partial charge in [0.05, 0.1) is 26.2 Å². The zero-order valence-corrected chi connectivity index (χ0v) is 25.1. The van der Waals surface area contributed by atoms with E-state index in [0.29, 0.717) is 0 Å². The van der Waals surface area contributed by atoms with Gasteiger partial charge in [0.25, 0.3) is 0 Å². The van der Waals surface area contributed by atoms with Crippen LogP contribution in [0.3, 0.4) is 0 Å². The molecule has 1 aromatic rings. The van der Waals surface area contributed by atoms with E-state index >= 15 is 0 Å². The number of aryl methyl sites for hydroxylation is 1. The van der Waals surface area contributed by atoms with Gasteiger partial charge in [0.2, 0.25) is 0 Å². The van der Waals surface area contributed by atoms with Gasteiger partial charge in [0.15, 0.2) is 0 Å². The maximum atomic E-state index is 2.33. The van der Waals surface area contributed by atoms with Crippen LogP contribution in [-0.2, 0) is 6.42 Å². The van der Waals surface area contributed by atoms with Crippen LogP contribution >= 0.6 is 0 Å². The van der Waals surface area contributed by atoms with E-state index in [0.717, 1.165) is 0 Å². The fourth-order valence-corrected chi connectivity index (χ4v) is 5.11. The van der Waals surface area contributed by atoms with Gasteiger partial charge in [0, 0.05) is 0 Å². The zero-order chi connectivity index (χ0) is 25.9. The third-order valence-electron chi connectivity index (χ3n) is 7.61. The van der Waals surface area contributed by atoms with E-state index in [1.165, 1.54) is 158 Å². The van der Waals surface area contributed by atoms with E-state index in [-0.39, 0.29) is 0 Å². The van der Waals surface area contributed by atoms with Crippen LogP contribution in [0.25, 0.3) is 0 Å². The second kappa shape index (κ2) is 26.2. The Bertz CT molecular complexity index is 471. The van der Waals surface area contributed by atoms with E-state index in [1.807, 2.05) is 0 Å². The molecule has 0 aliphatic rings. The molecule has 1 nitrogen and oxygen atoms in total. The van der Waals surface area contributed by atoms with Crippen LogP contribution in [0.4, 0.5) is 0 Å². The lowest BCUT2D eigenvalue weighted by Gasteiger charge is -2.39. The van der Waals surface area contributed by atoms with Crippen LogP contribution in [0.1, 0.15) is 156 Å². The normalized spacial score (nSPS) is 11.3. The van der Waals surface area contributed by atoms with Gasteiger partial charge in [-0.3, -0.25) is 0 Å². The quantitative estimate of drug-likeness (QED) is 0.106. The average molecular weight is 489 g/mol. The molecular formula is C34H66N+. The van der Waals surface area contributed by atoms with E-state index < -0.39 is 0 Å². The molecule has 1 aromatic carbocycles. The highest BCUT2D eigenvalue weighted by molar-refractivity contribution is 5.14. The third kappa shape index (κ3) is 21.0. The van der Waals surface area contributed by atoms with Crippen molar-refractivity contribution in [2.24, 2.45) is 0 Å². The zero-order valence-electron chi connectivity index (χ0n) is 25.1. The van der Waals surface area contributed by atoms with Gasteiger partial charge in [-0.25, -0.2) is 0 Å². The molecule has 206 valence electrons. The summed E-state index contributed by atoms with van der Waals surface area (Å²) in [7, 11) is 0. The van der Waals surface area contributed by atoms with Crippen LogP contribution in [-0.4, -0.2) is 30.7 Å². The summed E-state index contributed by atoms with van der Waals surface area (Å²) < 4.78 is 1.42. The number of hydrogen-bond donors (Lipinski definition) is 0. The molecular weight excluding hydrogens is 422 g/mol. The summed E-state index contributed by atoms with van der Waals surface area (Å²) in [5.41, 5.74) is 1.50. The second-order valence-electron chi connectivity index (χ2n) is 11.1. The van der Waals surface area contributed by atoms with Crippen molar-refractivity contribution in [3.8, 4) is 0 Å². The molecule has 0 aromatic heterocycles. The second-order valence-corrected chi connectivity index (χ2v) is 11.1. The average Bonchev–Trinajstić information content (AvgIpc) is 2.90. The Balaban J connectivity index is 0.000000662. The number of hydrogen-bond acceptors (Lipinski definition) is 0. The molecule has 0 unspecified atom stereocenters. The largest absolute Gasteiger partial charge is 0.324 e. The summed E-state index contributed by atoms with van der Waals surface area (Å²) in [6.45, 7) is 17.3. The highest BCUT2D eigenvalue weighted by Crippen LogP contribution is 2.16. The molecule has 0 saturated heterocycles. The first-order valence-corrected chi connectivity index (χ1v) is 16.1. The molecule has 0 heterocycles. The van der Waals surface area contributed by atoms with Gasteiger partial charge in [-0.15, -0.1) is 0 Å². The van der Waals surface area contributed by atoms with Gasteiger partial charge >= 0.3 is 0 Å². The van der Waals surface area contributed by atoms with Crippen molar-refractivity contribution in [1.82, 2.24) is 0 Å². The van der Waals surface area contributed by atoms with Crippen molar-refractivity contribution < 1.29 is 4.48 Å². The van der Waals surface area contributed by atoms with Crippen molar-refractivity contribution in [2.45, 2.75) is 157 Å². The fourth-order valence-electron chi connectivity index (χ4n) is 5.11. The Morgan fingerprint density at radius 3 is 1.11 bits per heavy atom. The third-order valence-corrected chi connectivity index (χ3v) is 7.61. The first-order valence-electron chi connectivity index (χ1n) is 16.1. The SMILES string of the molecule is CCCCCCCCCCCCc1ccccc1.CCCC[N+](CCCC)(CCCC)CCCC.